The van der Waals surface area contributed by atoms with Crippen LogP contribution in [0.4, 0.5) is 5.69 Å². The van der Waals surface area contributed by atoms with E-state index in [-0.39, 0.29) is 48.7 Å². The standard InChI is InChI=1S/C27H20ClN3O6S4/c28-19(14-18-6-8-20(9-7-18)31(35)36)16-22-25(34)30(27(39)41-22)12-13-37-23(32)10-11-29-24(33)21(40-26(29)38)15-17-4-2-1-3-5-17/h1-9,14-16H,10-13H2. The third kappa shape index (κ3) is 8.11. The minimum absolute atomic E-state index is 0.0445. The highest BCUT2D eigenvalue weighted by Crippen LogP contribution is 2.34. The molecule has 2 heterocycles. The lowest BCUT2D eigenvalue weighted by Crippen LogP contribution is -2.33. The second-order valence-electron chi connectivity index (χ2n) is 8.43. The summed E-state index contributed by atoms with van der Waals surface area (Å²) in [6, 6.07) is 15.2. The van der Waals surface area contributed by atoms with E-state index in [0.29, 0.717) is 24.0 Å². The van der Waals surface area contributed by atoms with E-state index in [1.54, 1.807) is 24.3 Å². The normalized spacial score (nSPS) is 17.7. The van der Waals surface area contributed by atoms with E-state index in [1.165, 1.54) is 39.8 Å². The van der Waals surface area contributed by atoms with Crippen LogP contribution in [-0.4, -0.2) is 60.8 Å². The van der Waals surface area contributed by atoms with E-state index in [1.807, 2.05) is 30.3 Å². The number of rotatable bonds is 10. The molecule has 210 valence electrons. The van der Waals surface area contributed by atoms with Crippen LogP contribution in [0.5, 0.6) is 0 Å². The first-order chi connectivity index (χ1) is 19.6. The molecule has 2 aromatic rings. The van der Waals surface area contributed by atoms with Crippen molar-refractivity contribution in [2.45, 2.75) is 6.42 Å². The zero-order valence-corrected chi connectivity index (χ0v) is 25.1. The molecule has 0 saturated carbocycles. The third-order valence-corrected chi connectivity index (χ3v) is 8.61. The maximum absolute atomic E-state index is 12.8. The first-order valence-corrected chi connectivity index (χ1v) is 14.8. The van der Waals surface area contributed by atoms with Gasteiger partial charge in [-0.1, -0.05) is 89.9 Å². The molecule has 0 N–H and O–H groups in total. The summed E-state index contributed by atoms with van der Waals surface area (Å²) in [5.41, 5.74) is 1.45. The summed E-state index contributed by atoms with van der Waals surface area (Å²) in [4.78, 5) is 51.6. The number of halogens is 1. The highest BCUT2D eigenvalue weighted by atomic mass is 35.5. The number of nitro groups is 1. The van der Waals surface area contributed by atoms with Crippen molar-refractivity contribution in [1.29, 1.82) is 0 Å². The van der Waals surface area contributed by atoms with Gasteiger partial charge in [-0.05, 0) is 41.5 Å². The van der Waals surface area contributed by atoms with Gasteiger partial charge in [0.1, 0.15) is 15.2 Å². The Morgan fingerprint density at radius 2 is 1.54 bits per heavy atom. The number of ether oxygens (including phenoxy) is 1. The van der Waals surface area contributed by atoms with Crippen LogP contribution in [0.2, 0.25) is 0 Å². The first kappa shape index (κ1) is 30.6. The summed E-state index contributed by atoms with van der Waals surface area (Å²) < 4.78 is 5.93. The number of allylic oxidation sites excluding steroid dienone is 2. The monoisotopic (exact) mass is 645 g/mol. The lowest BCUT2D eigenvalue weighted by atomic mass is 10.2. The Labute approximate surface area is 259 Å². The van der Waals surface area contributed by atoms with Gasteiger partial charge in [0.2, 0.25) is 0 Å². The second-order valence-corrected chi connectivity index (χ2v) is 12.2. The van der Waals surface area contributed by atoms with Crippen molar-refractivity contribution in [3.05, 3.63) is 96.8 Å². The molecule has 0 radical (unpaired) electrons. The largest absolute Gasteiger partial charge is 0.464 e. The van der Waals surface area contributed by atoms with Gasteiger partial charge < -0.3 is 4.74 Å². The number of nitrogens with zero attached hydrogens (tertiary/aromatic N) is 3. The van der Waals surface area contributed by atoms with Gasteiger partial charge >= 0.3 is 5.97 Å². The summed E-state index contributed by atoms with van der Waals surface area (Å²) in [7, 11) is 0. The Kier molecular flexibility index (Phi) is 10.5. The highest BCUT2D eigenvalue weighted by molar-refractivity contribution is 8.27. The van der Waals surface area contributed by atoms with Crippen molar-refractivity contribution in [3.8, 4) is 0 Å². The number of nitro benzene ring substituents is 1. The van der Waals surface area contributed by atoms with Crippen molar-refractivity contribution in [2.24, 2.45) is 0 Å². The van der Waals surface area contributed by atoms with Crippen LogP contribution in [0.25, 0.3) is 12.2 Å². The van der Waals surface area contributed by atoms with Gasteiger partial charge in [0.25, 0.3) is 17.5 Å². The van der Waals surface area contributed by atoms with E-state index in [9.17, 15) is 24.5 Å². The summed E-state index contributed by atoms with van der Waals surface area (Å²) in [6.07, 6.45) is 4.72. The van der Waals surface area contributed by atoms with Crippen molar-refractivity contribution in [2.75, 3.05) is 19.7 Å². The zero-order valence-electron chi connectivity index (χ0n) is 21.1. The SMILES string of the molecule is O=C(CCN1C(=O)C(=Cc2ccccc2)SC1=S)OCCN1C(=O)C(=CC(Cl)=Cc2ccc([N+](=O)[O-])cc2)SC1=S. The van der Waals surface area contributed by atoms with E-state index in [4.69, 9.17) is 40.8 Å². The maximum atomic E-state index is 12.8. The van der Waals surface area contributed by atoms with Crippen molar-refractivity contribution >= 4 is 104 Å². The van der Waals surface area contributed by atoms with E-state index < -0.39 is 10.9 Å². The van der Waals surface area contributed by atoms with E-state index in [0.717, 1.165) is 17.3 Å². The molecule has 2 aromatic carbocycles. The molecule has 0 spiro atoms. The van der Waals surface area contributed by atoms with Crippen LogP contribution in [0.3, 0.4) is 0 Å². The third-order valence-electron chi connectivity index (χ3n) is 5.64. The van der Waals surface area contributed by atoms with Gasteiger partial charge in [0.05, 0.1) is 27.7 Å². The van der Waals surface area contributed by atoms with Crippen LogP contribution in [-0.2, 0) is 19.1 Å². The number of benzene rings is 2. The molecule has 0 aromatic heterocycles. The van der Waals surface area contributed by atoms with E-state index in [2.05, 4.69) is 0 Å². The van der Waals surface area contributed by atoms with Crippen LogP contribution >= 0.6 is 59.6 Å². The molecule has 41 heavy (non-hydrogen) atoms. The number of thiocarbonyl (C=S) groups is 2. The molecular formula is C27H20ClN3O6S4. The number of amides is 2. The Morgan fingerprint density at radius 1 is 0.927 bits per heavy atom. The number of hydrogen-bond acceptors (Lipinski definition) is 10. The number of non-ortho nitro benzene ring substituents is 1. The van der Waals surface area contributed by atoms with Gasteiger partial charge in [-0.2, -0.15) is 0 Å². The highest BCUT2D eigenvalue weighted by Gasteiger charge is 2.33. The fourth-order valence-corrected chi connectivity index (χ4v) is 6.54. The summed E-state index contributed by atoms with van der Waals surface area (Å²) in [5.74, 6) is -1.18. The number of esters is 1. The summed E-state index contributed by atoms with van der Waals surface area (Å²) >= 11 is 19.1. The number of thioether (sulfide) groups is 2. The minimum Gasteiger partial charge on any atom is -0.464 e. The summed E-state index contributed by atoms with van der Waals surface area (Å²) in [5, 5.41) is 11.0. The second kappa shape index (κ2) is 14.0. The van der Waals surface area contributed by atoms with Gasteiger partial charge in [-0.25, -0.2) is 0 Å². The minimum atomic E-state index is -0.541. The smallest absolute Gasteiger partial charge is 0.307 e. The Balaban J connectivity index is 1.25. The average Bonchev–Trinajstić information content (AvgIpc) is 3.36. The Bertz CT molecular complexity index is 1510. The van der Waals surface area contributed by atoms with E-state index >= 15 is 0 Å². The van der Waals surface area contributed by atoms with Crippen molar-refractivity contribution in [1.82, 2.24) is 9.80 Å². The molecule has 2 aliphatic rings. The molecule has 2 amide bonds. The van der Waals surface area contributed by atoms with Crippen molar-refractivity contribution in [3.63, 3.8) is 0 Å². The molecule has 14 heteroatoms. The predicted octanol–water partition coefficient (Wildman–Crippen LogP) is 5.75. The van der Waals surface area contributed by atoms with Crippen LogP contribution in [0.1, 0.15) is 17.5 Å². The molecule has 2 fully saturated rings. The maximum Gasteiger partial charge on any atom is 0.307 e. The Hall–Kier alpha value is -3.36. The number of carbonyl (C=O) groups is 3. The molecule has 4 rings (SSSR count). The fourth-order valence-electron chi connectivity index (χ4n) is 3.63. The zero-order chi connectivity index (χ0) is 29.5. The first-order valence-electron chi connectivity index (χ1n) is 12.0. The Morgan fingerprint density at radius 3 is 2.20 bits per heavy atom. The lowest BCUT2D eigenvalue weighted by molar-refractivity contribution is -0.384. The number of carbonyl (C=O) groups excluding carboxylic acids is 3. The lowest BCUT2D eigenvalue weighted by Gasteiger charge is -2.16. The fraction of sp³-hybridized carbons (Fsp3) is 0.148. The predicted molar refractivity (Wildman–Crippen MR) is 169 cm³/mol. The molecule has 2 saturated heterocycles. The van der Waals surface area contributed by atoms with Crippen LogP contribution in [0, 0.1) is 10.1 Å². The van der Waals surface area contributed by atoms with Gasteiger partial charge in [-0.3, -0.25) is 34.3 Å². The van der Waals surface area contributed by atoms with Crippen LogP contribution in [0.15, 0.2) is 75.5 Å². The molecule has 0 bridgehead atoms. The molecule has 0 unspecified atom stereocenters. The van der Waals surface area contributed by atoms with Crippen LogP contribution < -0.4 is 0 Å². The number of hydrogen-bond donors (Lipinski definition) is 0. The molecule has 0 atom stereocenters. The van der Waals surface area contributed by atoms with Gasteiger partial charge in [-0.15, -0.1) is 0 Å². The topological polar surface area (TPSA) is 110 Å². The molecule has 0 aliphatic carbocycles. The molecule has 9 nitrogen and oxygen atoms in total. The quantitative estimate of drug-likeness (QED) is 0.104. The van der Waals surface area contributed by atoms with Gasteiger partial charge in [0, 0.05) is 23.7 Å². The molecular weight excluding hydrogens is 626 g/mol. The van der Waals surface area contributed by atoms with Crippen molar-refractivity contribution < 1.29 is 24.0 Å². The molecule has 2 aliphatic heterocycles. The summed E-state index contributed by atoms with van der Waals surface area (Å²) in [6.45, 7) is 0.0501. The van der Waals surface area contributed by atoms with Gasteiger partial charge in [0.15, 0.2) is 0 Å². The average molecular weight is 646 g/mol.